The van der Waals surface area contributed by atoms with Crippen LogP contribution in [0.2, 0.25) is 5.02 Å². The molecule has 0 heterocycles. The number of halogens is 1. The maximum atomic E-state index is 12.6. The summed E-state index contributed by atoms with van der Waals surface area (Å²) in [6.45, 7) is 0.754. The first-order valence-corrected chi connectivity index (χ1v) is 6.65. The fraction of sp³-hybridized carbons (Fsp3) is 0.500. The molecule has 18 heavy (non-hydrogen) atoms. The third-order valence-corrected chi connectivity index (χ3v) is 4.05. The minimum Gasteiger partial charge on any atom is -0.319 e. The van der Waals surface area contributed by atoms with E-state index in [1.807, 2.05) is 38.4 Å². The maximum absolute atomic E-state index is 12.6. The summed E-state index contributed by atoms with van der Waals surface area (Å²) in [5, 5.41) is 3.83. The molecule has 4 heteroatoms. The van der Waals surface area contributed by atoms with Crippen molar-refractivity contribution >= 4 is 23.2 Å². The molecule has 0 radical (unpaired) electrons. The molecule has 0 aromatic heterocycles. The highest BCUT2D eigenvalue weighted by Crippen LogP contribution is 2.42. The Bertz CT molecular complexity index is 426. The SMILES string of the molecule is CNCC1(C(=O)N(C)c2ccc(Cl)cc2)CCC1. The molecule has 1 N–H and O–H groups in total. The van der Waals surface area contributed by atoms with Crippen LogP contribution < -0.4 is 10.2 Å². The molecule has 1 amide bonds. The molecule has 3 nitrogen and oxygen atoms in total. The van der Waals surface area contributed by atoms with Crippen molar-refractivity contribution in [2.75, 3.05) is 25.5 Å². The van der Waals surface area contributed by atoms with Crippen LogP contribution >= 0.6 is 11.6 Å². The average molecular weight is 267 g/mol. The Kier molecular flexibility index (Phi) is 3.93. The molecular weight excluding hydrogens is 248 g/mol. The van der Waals surface area contributed by atoms with Crippen molar-refractivity contribution in [3.05, 3.63) is 29.3 Å². The molecule has 1 aliphatic rings. The molecule has 0 atom stereocenters. The van der Waals surface area contributed by atoms with E-state index in [1.165, 1.54) is 0 Å². The van der Waals surface area contributed by atoms with E-state index in [4.69, 9.17) is 11.6 Å². The first-order valence-electron chi connectivity index (χ1n) is 6.27. The first kappa shape index (κ1) is 13.4. The van der Waals surface area contributed by atoms with Crippen molar-refractivity contribution in [2.45, 2.75) is 19.3 Å². The lowest BCUT2D eigenvalue weighted by Gasteiger charge is -2.42. The lowest BCUT2D eigenvalue weighted by Crippen LogP contribution is -2.51. The Balaban J connectivity index is 2.15. The van der Waals surface area contributed by atoms with Crippen LogP contribution in [0, 0.1) is 5.41 Å². The smallest absolute Gasteiger partial charge is 0.234 e. The van der Waals surface area contributed by atoms with Crippen LogP contribution in [-0.2, 0) is 4.79 Å². The third-order valence-electron chi connectivity index (χ3n) is 3.80. The Morgan fingerprint density at radius 3 is 2.44 bits per heavy atom. The Morgan fingerprint density at radius 2 is 2.00 bits per heavy atom. The quantitative estimate of drug-likeness (QED) is 0.909. The molecule has 1 aromatic carbocycles. The Morgan fingerprint density at radius 1 is 1.39 bits per heavy atom. The predicted molar refractivity (Wildman–Crippen MR) is 75.1 cm³/mol. The summed E-state index contributed by atoms with van der Waals surface area (Å²) in [6, 6.07) is 7.39. The van der Waals surface area contributed by atoms with Gasteiger partial charge in [-0.25, -0.2) is 0 Å². The maximum Gasteiger partial charge on any atom is 0.234 e. The first-order chi connectivity index (χ1) is 8.59. The number of carbonyl (C=O) groups is 1. The van der Waals surface area contributed by atoms with Crippen LogP contribution in [0.25, 0.3) is 0 Å². The van der Waals surface area contributed by atoms with Crippen molar-refractivity contribution in [2.24, 2.45) is 5.41 Å². The third kappa shape index (κ3) is 2.38. The van der Waals surface area contributed by atoms with E-state index in [0.717, 1.165) is 31.5 Å². The van der Waals surface area contributed by atoms with Gasteiger partial charge in [0.1, 0.15) is 0 Å². The zero-order valence-electron chi connectivity index (χ0n) is 10.9. The van der Waals surface area contributed by atoms with Gasteiger partial charge in [-0.15, -0.1) is 0 Å². The van der Waals surface area contributed by atoms with Crippen LogP contribution in [0.5, 0.6) is 0 Å². The highest BCUT2D eigenvalue weighted by Gasteiger charge is 2.45. The second kappa shape index (κ2) is 5.29. The number of benzene rings is 1. The van der Waals surface area contributed by atoms with E-state index in [0.29, 0.717) is 5.02 Å². The van der Waals surface area contributed by atoms with Crippen molar-refractivity contribution in [3.8, 4) is 0 Å². The summed E-state index contributed by atoms with van der Waals surface area (Å²) in [7, 11) is 3.73. The summed E-state index contributed by atoms with van der Waals surface area (Å²) >= 11 is 5.86. The van der Waals surface area contributed by atoms with Gasteiger partial charge in [0.15, 0.2) is 0 Å². The number of amides is 1. The average Bonchev–Trinajstić information content (AvgIpc) is 2.33. The van der Waals surface area contributed by atoms with Gasteiger partial charge in [-0.05, 0) is 44.2 Å². The lowest BCUT2D eigenvalue weighted by molar-refractivity contribution is -0.132. The number of nitrogens with one attached hydrogen (secondary N) is 1. The Labute approximate surface area is 113 Å². The van der Waals surface area contributed by atoms with Gasteiger partial charge >= 0.3 is 0 Å². The van der Waals surface area contributed by atoms with E-state index < -0.39 is 0 Å². The minimum absolute atomic E-state index is 0.199. The fourth-order valence-corrected chi connectivity index (χ4v) is 2.67. The summed E-state index contributed by atoms with van der Waals surface area (Å²) < 4.78 is 0. The molecule has 1 aromatic rings. The van der Waals surface area contributed by atoms with Gasteiger partial charge in [-0.3, -0.25) is 4.79 Å². The van der Waals surface area contributed by atoms with Crippen LogP contribution in [-0.4, -0.2) is 26.5 Å². The van der Waals surface area contributed by atoms with E-state index in [9.17, 15) is 4.79 Å². The monoisotopic (exact) mass is 266 g/mol. The Hall–Kier alpha value is -1.06. The fourth-order valence-electron chi connectivity index (χ4n) is 2.55. The summed E-state index contributed by atoms with van der Waals surface area (Å²) in [5.74, 6) is 0.199. The van der Waals surface area contributed by atoms with Crippen molar-refractivity contribution in [1.82, 2.24) is 5.32 Å². The summed E-state index contributed by atoms with van der Waals surface area (Å²) in [5.41, 5.74) is 0.690. The van der Waals surface area contributed by atoms with Gasteiger partial charge in [0.05, 0.1) is 5.41 Å². The number of hydrogen-bond acceptors (Lipinski definition) is 2. The molecule has 0 spiro atoms. The van der Waals surface area contributed by atoms with Gasteiger partial charge in [-0.2, -0.15) is 0 Å². The predicted octanol–water partition coefficient (Wildman–Crippen LogP) is 2.69. The molecule has 0 aliphatic heterocycles. The molecule has 0 unspecified atom stereocenters. The second-order valence-electron chi connectivity index (χ2n) is 5.00. The molecule has 98 valence electrons. The molecule has 1 saturated carbocycles. The van der Waals surface area contributed by atoms with Gasteiger partial charge < -0.3 is 10.2 Å². The van der Waals surface area contributed by atoms with Crippen LogP contribution in [0.4, 0.5) is 5.69 Å². The van der Waals surface area contributed by atoms with E-state index in [1.54, 1.807) is 4.90 Å². The van der Waals surface area contributed by atoms with Crippen molar-refractivity contribution < 1.29 is 4.79 Å². The zero-order chi connectivity index (χ0) is 13.2. The number of anilines is 1. The number of rotatable bonds is 4. The van der Waals surface area contributed by atoms with E-state index >= 15 is 0 Å². The largest absolute Gasteiger partial charge is 0.319 e. The summed E-state index contributed by atoms with van der Waals surface area (Å²) in [4.78, 5) is 14.3. The van der Waals surface area contributed by atoms with Crippen molar-refractivity contribution in [1.29, 1.82) is 0 Å². The molecular formula is C14H19ClN2O. The molecule has 0 bridgehead atoms. The van der Waals surface area contributed by atoms with Crippen LogP contribution in [0.1, 0.15) is 19.3 Å². The van der Waals surface area contributed by atoms with E-state index in [-0.39, 0.29) is 11.3 Å². The number of carbonyl (C=O) groups excluding carboxylic acids is 1. The molecule has 2 rings (SSSR count). The zero-order valence-corrected chi connectivity index (χ0v) is 11.6. The molecule has 1 aliphatic carbocycles. The molecule has 1 fully saturated rings. The summed E-state index contributed by atoms with van der Waals surface area (Å²) in [6.07, 6.45) is 3.09. The topological polar surface area (TPSA) is 32.3 Å². The van der Waals surface area contributed by atoms with Crippen molar-refractivity contribution in [3.63, 3.8) is 0 Å². The second-order valence-corrected chi connectivity index (χ2v) is 5.44. The normalized spacial score (nSPS) is 17.1. The standard InChI is InChI=1S/C14H19ClN2O/c1-16-10-14(8-3-9-14)13(18)17(2)12-6-4-11(15)5-7-12/h4-7,16H,3,8-10H2,1-2H3. The van der Waals surface area contributed by atoms with Gasteiger partial charge in [0, 0.05) is 24.3 Å². The van der Waals surface area contributed by atoms with Gasteiger partial charge in [0.25, 0.3) is 0 Å². The lowest BCUT2D eigenvalue weighted by atomic mass is 9.67. The minimum atomic E-state index is -0.205. The highest BCUT2D eigenvalue weighted by atomic mass is 35.5. The molecule has 0 saturated heterocycles. The van der Waals surface area contributed by atoms with Crippen LogP contribution in [0.3, 0.4) is 0 Å². The van der Waals surface area contributed by atoms with Gasteiger partial charge in [-0.1, -0.05) is 18.0 Å². The number of hydrogen-bond donors (Lipinski definition) is 1. The number of nitrogens with zero attached hydrogens (tertiary/aromatic N) is 1. The van der Waals surface area contributed by atoms with E-state index in [2.05, 4.69) is 5.32 Å². The van der Waals surface area contributed by atoms with Crippen LogP contribution in [0.15, 0.2) is 24.3 Å². The highest BCUT2D eigenvalue weighted by molar-refractivity contribution is 6.30. The van der Waals surface area contributed by atoms with Gasteiger partial charge in [0.2, 0.25) is 5.91 Å².